The van der Waals surface area contributed by atoms with E-state index in [1.165, 1.54) is 11.6 Å². The number of carbonyl (C=O) groups excluding carboxylic acids is 1. The Morgan fingerprint density at radius 1 is 1.09 bits per heavy atom. The Morgan fingerprint density at radius 3 is 2.59 bits per heavy atom. The third kappa shape index (κ3) is 5.91. The molecule has 4 rings (SSSR count). The van der Waals surface area contributed by atoms with E-state index in [0.717, 1.165) is 11.3 Å². The largest absolute Gasteiger partial charge is 0.489 e. The van der Waals surface area contributed by atoms with E-state index in [-0.39, 0.29) is 18.3 Å². The molecule has 1 N–H and O–H groups in total. The summed E-state index contributed by atoms with van der Waals surface area (Å²) >= 11 is 3.42. The van der Waals surface area contributed by atoms with E-state index in [9.17, 15) is 9.18 Å². The van der Waals surface area contributed by atoms with Crippen LogP contribution in [0.15, 0.2) is 83.5 Å². The summed E-state index contributed by atoms with van der Waals surface area (Å²) in [7, 11) is 0. The van der Waals surface area contributed by atoms with Crippen molar-refractivity contribution in [2.45, 2.75) is 32.9 Å². The van der Waals surface area contributed by atoms with Crippen molar-refractivity contribution in [3.8, 4) is 5.75 Å². The predicted octanol–water partition coefficient (Wildman–Crippen LogP) is 6.79. The average molecular weight is 522 g/mol. The number of hydrogen-bond acceptors (Lipinski definition) is 3. The molecule has 0 saturated heterocycles. The van der Waals surface area contributed by atoms with E-state index in [0.29, 0.717) is 33.9 Å². The van der Waals surface area contributed by atoms with Crippen molar-refractivity contribution in [2.24, 2.45) is 0 Å². The topological polar surface area (TPSA) is 56.1 Å². The molecule has 0 aliphatic rings. The van der Waals surface area contributed by atoms with E-state index in [1.54, 1.807) is 41.2 Å². The standard InChI is InChI=1S/C27H25BrFN3O2/c1-18(2)20-10-12-23(13-11-20)34-17-19-6-5-8-21(14-19)27(33)30-26-24(28)16-32(31-26)15-22-7-3-4-9-25(22)29/h3-14,16,18H,15,17H2,1-2H3,(H,30,31,33). The highest BCUT2D eigenvalue weighted by molar-refractivity contribution is 9.10. The number of anilines is 1. The molecule has 0 saturated carbocycles. The average Bonchev–Trinajstić information content (AvgIpc) is 3.18. The van der Waals surface area contributed by atoms with Gasteiger partial charge in [-0.25, -0.2) is 4.39 Å². The molecule has 174 valence electrons. The van der Waals surface area contributed by atoms with Gasteiger partial charge in [0.25, 0.3) is 5.91 Å². The normalized spacial score (nSPS) is 11.0. The van der Waals surface area contributed by atoms with Gasteiger partial charge in [0.1, 0.15) is 18.2 Å². The van der Waals surface area contributed by atoms with Crippen molar-refractivity contribution in [3.63, 3.8) is 0 Å². The Morgan fingerprint density at radius 2 is 1.85 bits per heavy atom. The van der Waals surface area contributed by atoms with E-state index in [2.05, 4.69) is 52.3 Å². The molecular formula is C27H25BrFN3O2. The number of amides is 1. The van der Waals surface area contributed by atoms with Crippen LogP contribution >= 0.6 is 15.9 Å². The summed E-state index contributed by atoms with van der Waals surface area (Å²) < 4.78 is 22.0. The lowest BCUT2D eigenvalue weighted by molar-refractivity contribution is 0.102. The molecule has 0 aliphatic heterocycles. The number of hydrogen-bond donors (Lipinski definition) is 1. The monoisotopic (exact) mass is 521 g/mol. The van der Waals surface area contributed by atoms with Crippen LogP contribution in [0.2, 0.25) is 0 Å². The zero-order valence-electron chi connectivity index (χ0n) is 19.0. The lowest BCUT2D eigenvalue weighted by Gasteiger charge is -2.10. The van der Waals surface area contributed by atoms with Gasteiger partial charge in [-0.3, -0.25) is 9.48 Å². The van der Waals surface area contributed by atoms with Crippen molar-refractivity contribution in [2.75, 3.05) is 5.32 Å². The molecule has 5 nitrogen and oxygen atoms in total. The molecule has 1 heterocycles. The van der Waals surface area contributed by atoms with Gasteiger partial charge in [-0.2, -0.15) is 5.10 Å². The minimum atomic E-state index is -0.297. The molecule has 0 atom stereocenters. The second-order valence-corrected chi connectivity index (χ2v) is 9.14. The summed E-state index contributed by atoms with van der Waals surface area (Å²) in [5.41, 5.74) is 3.15. The molecule has 0 fully saturated rings. The number of nitrogens with one attached hydrogen (secondary N) is 1. The van der Waals surface area contributed by atoms with Crippen LogP contribution in [0.1, 0.15) is 46.8 Å². The summed E-state index contributed by atoms with van der Waals surface area (Å²) in [5.74, 6) is 1.03. The fraction of sp³-hybridized carbons (Fsp3) is 0.185. The molecule has 0 bridgehead atoms. The van der Waals surface area contributed by atoms with Crippen LogP contribution < -0.4 is 10.1 Å². The van der Waals surface area contributed by atoms with Gasteiger partial charge in [0.15, 0.2) is 5.82 Å². The predicted molar refractivity (Wildman–Crippen MR) is 135 cm³/mol. The molecule has 4 aromatic rings. The molecule has 0 unspecified atom stereocenters. The second-order valence-electron chi connectivity index (χ2n) is 8.28. The summed E-state index contributed by atoms with van der Waals surface area (Å²) in [6, 6.07) is 21.8. The minimum Gasteiger partial charge on any atom is -0.489 e. The van der Waals surface area contributed by atoms with Crippen LogP contribution in [-0.4, -0.2) is 15.7 Å². The van der Waals surface area contributed by atoms with Gasteiger partial charge >= 0.3 is 0 Å². The Balaban J connectivity index is 1.39. The highest BCUT2D eigenvalue weighted by Gasteiger charge is 2.14. The Kier molecular flexibility index (Phi) is 7.43. The van der Waals surface area contributed by atoms with Crippen LogP contribution in [-0.2, 0) is 13.2 Å². The van der Waals surface area contributed by atoms with Gasteiger partial charge in [0.05, 0.1) is 11.0 Å². The fourth-order valence-electron chi connectivity index (χ4n) is 3.46. The van der Waals surface area contributed by atoms with Gasteiger partial charge in [0.2, 0.25) is 0 Å². The molecule has 0 spiro atoms. The van der Waals surface area contributed by atoms with E-state index in [4.69, 9.17) is 4.74 Å². The number of ether oxygens (including phenoxy) is 1. The quantitative estimate of drug-likeness (QED) is 0.277. The number of rotatable bonds is 8. The van der Waals surface area contributed by atoms with Crippen LogP contribution in [0, 0.1) is 5.82 Å². The lowest BCUT2D eigenvalue weighted by atomic mass is 10.0. The number of benzene rings is 3. The molecule has 3 aromatic carbocycles. The van der Waals surface area contributed by atoms with E-state index in [1.807, 2.05) is 24.3 Å². The first-order chi connectivity index (χ1) is 16.4. The van der Waals surface area contributed by atoms with Crippen LogP contribution in [0.5, 0.6) is 5.75 Å². The third-order valence-electron chi connectivity index (χ3n) is 5.38. The SMILES string of the molecule is CC(C)c1ccc(OCc2cccc(C(=O)Nc3nn(Cc4ccccc4F)cc3Br)c2)cc1. The van der Waals surface area contributed by atoms with Gasteiger partial charge in [-0.15, -0.1) is 0 Å². The van der Waals surface area contributed by atoms with Crippen LogP contribution in [0.4, 0.5) is 10.2 Å². The van der Waals surface area contributed by atoms with Crippen LogP contribution in [0.25, 0.3) is 0 Å². The molecule has 0 aliphatic carbocycles. The Hall–Kier alpha value is -3.45. The highest BCUT2D eigenvalue weighted by atomic mass is 79.9. The zero-order chi connectivity index (χ0) is 24.1. The summed E-state index contributed by atoms with van der Waals surface area (Å²) in [5, 5.41) is 7.19. The first-order valence-electron chi connectivity index (χ1n) is 11.0. The van der Waals surface area contributed by atoms with Crippen molar-refractivity contribution in [3.05, 3.63) is 112 Å². The van der Waals surface area contributed by atoms with Gasteiger partial charge < -0.3 is 10.1 Å². The molecule has 7 heteroatoms. The maximum Gasteiger partial charge on any atom is 0.256 e. The Labute approximate surface area is 206 Å². The number of aromatic nitrogens is 2. The van der Waals surface area contributed by atoms with Crippen molar-refractivity contribution in [1.82, 2.24) is 9.78 Å². The molecule has 0 radical (unpaired) electrons. The number of nitrogens with zero attached hydrogens (tertiary/aromatic N) is 2. The second kappa shape index (κ2) is 10.7. The smallest absolute Gasteiger partial charge is 0.256 e. The minimum absolute atomic E-state index is 0.256. The molecule has 1 amide bonds. The Bertz CT molecular complexity index is 1290. The third-order valence-corrected chi connectivity index (χ3v) is 5.96. The molecule has 34 heavy (non-hydrogen) atoms. The van der Waals surface area contributed by atoms with Crippen molar-refractivity contribution in [1.29, 1.82) is 0 Å². The summed E-state index contributed by atoms with van der Waals surface area (Å²) in [6.07, 6.45) is 1.71. The molecular weight excluding hydrogens is 497 g/mol. The maximum atomic E-state index is 13.9. The maximum absolute atomic E-state index is 13.9. The number of halogens is 2. The van der Waals surface area contributed by atoms with Gasteiger partial charge in [-0.05, 0) is 63.3 Å². The van der Waals surface area contributed by atoms with Crippen molar-refractivity contribution < 1.29 is 13.9 Å². The van der Waals surface area contributed by atoms with Gasteiger partial charge in [-0.1, -0.05) is 56.3 Å². The van der Waals surface area contributed by atoms with E-state index < -0.39 is 0 Å². The van der Waals surface area contributed by atoms with Crippen molar-refractivity contribution >= 4 is 27.7 Å². The first-order valence-corrected chi connectivity index (χ1v) is 11.8. The summed E-state index contributed by atoms with van der Waals surface area (Å²) in [4.78, 5) is 12.8. The number of carbonyl (C=O) groups is 1. The molecule has 1 aromatic heterocycles. The van der Waals surface area contributed by atoms with Crippen LogP contribution in [0.3, 0.4) is 0 Å². The lowest BCUT2D eigenvalue weighted by Crippen LogP contribution is -2.13. The zero-order valence-corrected chi connectivity index (χ0v) is 20.5. The summed E-state index contributed by atoms with van der Waals surface area (Å²) in [6.45, 7) is 4.91. The van der Waals surface area contributed by atoms with Gasteiger partial charge in [0, 0.05) is 17.3 Å². The highest BCUT2D eigenvalue weighted by Crippen LogP contribution is 2.23. The fourth-order valence-corrected chi connectivity index (χ4v) is 3.88. The van der Waals surface area contributed by atoms with E-state index >= 15 is 0 Å². The first kappa shape index (κ1) is 23.7.